The van der Waals surface area contributed by atoms with E-state index in [4.69, 9.17) is 9.84 Å². The van der Waals surface area contributed by atoms with Gasteiger partial charge in [-0.05, 0) is 43.7 Å². The number of thioether (sulfide) groups is 1. The minimum atomic E-state index is -0.183. The van der Waals surface area contributed by atoms with E-state index in [1.165, 1.54) is 0 Å². The maximum Gasteiger partial charge on any atom is 0.238 e. The molecule has 0 saturated carbocycles. The quantitative estimate of drug-likeness (QED) is 0.735. The first-order valence-corrected chi connectivity index (χ1v) is 9.78. The lowest BCUT2D eigenvalue weighted by Crippen LogP contribution is -2.22. The van der Waals surface area contributed by atoms with Crippen LogP contribution in [-0.2, 0) is 4.79 Å². The van der Waals surface area contributed by atoms with Crippen LogP contribution in [0.25, 0.3) is 5.69 Å². The second kappa shape index (κ2) is 7.12. The number of anilines is 1. The first kappa shape index (κ1) is 17.7. The lowest BCUT2D eigenvalue weighted by molar-refractivity contribution is -0.115. The molecule has 6 heteroatoms. The van der Waals surface area contributed by atoms with Gasteiger partial charge < -0.3 is 10.1 Å². The molecule has 0 fully saturated rings. The molecule has 1 aliphatic heterocycles. The molecule has 0 radical (unpaired) electrons. The van der Waals surface area contributed by atoms with Crippen LogP contribution in [0.15, 0.2) is 54.6 Å². The molecule has 2 heterocycles. The van der Waals surface area contributed by atoms with Crippen LogP contribution in [0.2, 0.25) is 0 Å². The van der Waals surface area contributed by atoms with Gasteiger partial charge in [0.2, 0.25) is 5.91 Å². The number of aromatic nitrogens is 2. The molecule has 3 aromatic rings. The molecule has 1 aromatic heterocycles. The number of methoxy groups -OCH3 is 1. The minimum Gasteiger partial charge on any atom is -0.497 e. The number of hydrogen-bond acceptors (Lipinski definition) is 4. The SMILES string of the molecule is COc1cccc([C@@H]2S[C@H](C)C(=O)Nc3c2c(C)nn3-c2ccccc2)c1. The standard InChI is InChI=1S/C21H21N3O2S/c1-13-18-19(15-8-7-11-17(12-15)26-3)27-14(2)21(25)22-20(18)24(23-13)16-9-5-4-6-10-16/h4-12,14,19H,1-3H3,(H,22,25)/t14-,19+/m1/s1. The predicted octanol–water partition coefficient (Wildman–Crippen LogP) is 4.35. The van der Waals surface area contributed by atoms with Crippen LogP contribution in [0.5, 0.6) is 5.75 Å². The summed E-state index contributed by atoms with van der Waals surface area (Å²) in [6, 6.07) is 17.9. The Bertz CT molecular complexity index is 984. The van der Waals surface area contributed by atoms with Gasteiger partial charge in [-0.25, -0.2) is 4.68 Å². The second-order valence-corrected chi connectivity index (χ2v) is 7.97. The van der Waals surface area contributed by atoms with Crippen molar-refractivity contribution >= 4 is 23.5 Å². The zero-order valence-electron chi connectivity index (χ0n) is 15.5. The van der Waals surface area contributed by atoms with Crippen LogP contribution in [-0.4, -0.2) is 28.0 Å². The molecule has 1 N–H and O–H groups in total. The van der Waals surface area contributed by atoms with Gasteiger partial charge in [0.15, 0.2) is 0 Å². The molecule has 0 unspecified atom stereocenters. The molecule has 1 aliphatic rings. The van der Waals surface area contributed by atoms with E-state index in [-0.39, 0.29) is 16.4 Å². The summed E-state index contributed by atoms with van der Waals surface area (Å²) in [5.41, 5.74) is 3.96. The molecule has 0 spiro atoms. The van der Waals surface area contributed by atoms with Gasteiger partial charge in [0.25, 0.3) is 0 Å². The van der Waals surface area contributed by atoms with Crippen molar-refractivity contribution in [2.24, 2.45) is 0 Å². The number of nitrogens with zero attached hydrogens (tertiary/aromatic N) is 2. The van der Waals surface area contributed by atoms with E-state index < -0.39 is 0 Å². The van der Waals surface area contributed by atoms with Crippen molar-refractivity contribution in [3.8, 4) is 11.4 Å². The molecule has 4 rings (SSSR count). The van der Waals surface area contributed by atoms with Gasteiger partial charge in [0.1, 0.15) is 11.6 Å². The molecular weight excluding hydrogens is 358 g/mol. The summed E-state index contributed by atoms with van der Waals surface area (Å²) >= 11 is 1.63. The van der Waals surface area contributed by atoms with Crippen LogP contribution in [0.4, 0.5) is 5.82 Å². The van der Waals surface area contributed by atoms with E-state index in [0.717, 1.165) is 34.1 Å². The largest absolute Gasteiger partial charge is 0.497 e. The second-order valence-electron chi connectivity index (χ2n) is 6.52. The zero-order valence-corrected chi connectivity index (χ0v) is 16.3. The van der Waals surface area contributed by atoms with Crippen LogP contribution < -0.4 is 10.1 Å². The van der Waals surface area contributed by atoms with Gasteiger partial charge >= 0.3 is 0 Å². The first-order valence-electron chi connectivity index (χ1n) is 8.83. The van der Waals surface area contributed by atoms with Gasteiger partial charge in [-0.1, -0.05) is 30.3 Å². The Morgan fingerprint density at radius 2 is 1.93 bits per heavy atom. The molecule has 5 nitrogen and oxygen atoms in total. The van der Waals surface area contributed by atoms with Gasteiger partial charge in [-0.15, -0.1) is 11.8 Å². The number of aryl methyl sites for hydroxylation is 1. The highest BCUT2D eigenvalue weighted by atomic mass is 32.2. The number of carbonyl (C=O) groups excluding carboxylic acids is 1. The van der Waals surface area contributed by atoms with Crippen molar-refractivity contribution in [2.45, 2.75) is 24.3 Å². The maximum absolute atomic E-state index is 12.7. The van der Waals surface area contributed by atoms with E-state index in [0.29, 0.717) is 0 Å². The van der Waals surface area contributed by atoms with Crippen LogP contribution in [0.3, 0.4) is 0 Å². The molecular formula is C21H21N3O2S. The van der Waals surface area contributed by atoms with Crippen LogP contribution in [0.1, 0.15) is 29.0 Å². The normalized spacial score (nSPS) is 19.1. The third-order valence-corrected chi connectivity index (χ3v) is 6.12. The van der Waals surface area contributed by atoms with Crippen molar-refractivity contribution in [3.63, 3.8) is 0 Å². The van der Waals surface area contributed by atoms with Crippen LogP contribution in [0, 0.1) is 6.92 Å². The summed E-state index contributed by atoms with van der Waals surface area (Å²) in [7, 11) is 1.66. The zero-order chi connectivity index (χ0) is 19.0. The maximum atomic E-state index is 12.7. The first-order chi connectivity index (χ1) is 13.1. The van der Waals surface area contributed by atoms with E-state index in [9.17, 15) is 4.79 Å². The average molecular weight is 379 g/mol. The Kier molecular flexibility index (Phi) is 4.66. The molecule has 0 aliphatic carbocycles. The van der Waals surface area contributed by atoms with E-state index in [1.807, 2.05) is 67.1 Å². The number of para-hydroxylation sites is 1. The highest BCUT2D eigenvalue weighted by Crippen LogP contribution is 2.46. The smallest absolute Gasteiger partial charge is 0.238 e. The molecule has 0 saturated heterocycles. The fourth-order valence-corrected chi connectivity index (χ4v) is 4.64. The number of carbonyl (C=O) groups is 1. The number of ether oxygens (including phenoxy) is 1. The Morgan fingerprint density at radius 3 is 2.67 bits per heavy atom. The molecule has 27 heavy (non-hydrogen) atoms. The van der Waals surface area contributed by atoms with Gasteiger partial charge in [-0.3, -0.25) is 4.79 Å². The lowest BCUT2D eigenvalue weighted by Gasteiger charge is -2.18. The average Bonchev–Trinajstić information content (AvgIpc) is 2.95. The molecule has 0 bridgehead atoms. The summed E-state index contributed by atoms with van der Waals surface area (Å²) < 4.78 is 7.23. The Balaban J connectivity index is 1.90. The van der Waals surface area contributed by atoms with E-state index in [1.54, 1.807) is 18.9 Å². The summed E-state index contributed by atoms with van der Waals surface area (Å²) in [6.45, 7) is 3.93. The third kappa shape index (κ3) is 3.21. The highest BCUT2D eigenvalue weighted by Gasteiger charge is 2.34. The summed E-state index contributed by atoms with van der Waals surface area (Å²) in [5, 5.41) is 7.64. The van der Waals surface area contributed by atoms with Crippen molar-refractivity contribution in [1.29, 1.82) is 0 Å². The molecule has 138 valence electrons. The van der Waals surface area contributed by atoms with Crippen molar-refractivity contribution < 1.29 is 9.53 Å². The van der Waals surface area contributed by atoms with Gasteiger partial charge in [0.05, 0.1) is 29.0 Å². The Labute approximate surface area is 162 Å². The monoisotopic (exact) mass is 379 g/mol. The topological polar surface area (TPSA) is 56.1 Å². The highest BCUT2D eigenvalue weighted by molar-refractivity contribution is 8.01. The van der Waals surface area contributed by atoms with E-state index >= 15 is 0 Å². The molecule has 2 atom stereocenters. The van der Waals surface area contributed by atoms with Crippen molar-refractivity contribution in [3.05, 3.63) is 71.4 Å². The number of fused-ring (bicyclic) bond motifs is 1. The lowest BCUT2D eigenvalue weighted by atomic mass is 10.0. The Morgan fingerprint density at radius 1 is 1.15 bits per heavy atom. The van der Waals surface area contributed by atoms with E-state index in [2.05, 4.69) is 11.4 Å². The van der Waals surface area contributed by atoms with Crippen molar-refractivity contribution in [2.75, 3.05) is 12.4 Å². The number of hydrogen-bond donors (Lipinski definition) is 1. The molecule has 1 amide bonds. The number of benzene rings is 2. The third-order valence-electron chi connectivity index (χ3n) is 4.72. The number of nitrogens with one attached hydrogen (secondary N) is 1. The fourth-order valence-electron chi connectivity index (χ4n) is 3.33. The van der Waals surface area contributed by atoms with Gasteiger partial charge in [-0.2, -0.15) is 5.10 Å². The summed E-state index contributed by atoms with van der Waals surface area (Å²) in [6.07, 6.45) is 0. The number of rotatable bonds is 3. The van der Waals surface area contributed by atoms with Crippen molar-refractivity contribution in [1.82, 2.24) is 9.78 Å². The number of amides is 1. The summed E-state index contributed by atoms with van der Waals surface area (Å²) in [5.74, 6) is 1.54. The fraction of sp³-hybridized carbons (Fsp3) is 0.238. The van der Waals surface area contributed by atoms with Gasteiger partial charge in [0, 0.05) is 5.56 Å². The van der Waals surface area contributed by atoms with Crippen LogP contribution >= 0.6 is 11.8 Å². The minimum absolute atomic E-state index is 0.0104. The summed E-state index contributed by atoms with van der Waals surface area (Å²) in [4.78, 5) is 12.7. The Hall–Kier alpha value is -2.73. The molecule has 2 aromatic carbocycles. The predicted molar refractivity (Wildman–Crippen MR) is 109 cm³/mol.